The number of carbonyl (C=O) groups excluding carboxylic acids is 1. The molecular weight excluding hydrogens is 384 g/mol. The molecule has 1 atom stereocenters. The molecule has 0 saturated carbocycles. The fourth-order valence-electron chi connectivity index (χ4n) is 3.47. The highest BCUT2D eigenvalue weighted by Gasteiger charge is 2.29. The molecule has 0 unspecified atom stereocenters. The quantitative estimate of drug-likeness (QED) is 0.590. The Bertz CT molecular complexity index is 994. The topological polar surface area (TPSA) is 99.2 Å². The predicted molar refractivity (Wildman–Crippen MR) is 109 cm³/mol. The fraction of sp³-hybridized carbons (Fsp3) is 0.476. The van der Waals surface area contributed by atoms with E-state index >= 15 is 0 Å². The van der Waals surface area contributed by atoms with E-state index in [0.717, 1.165) is 17.7 Å². The molecule has 1 fully saturated rings. The molecule has 3 heterocycles. The summed E-state index contributed by atoms with van der Waals surface area (Å²) in [5.41, 5.74) is 1.53. The molecule has 2 aromatic heterocycles. The largest absolute Gasteiger partial charge is 0.494 e. The molecule has 1 aromatic carbocycles. The van der Waals surface area contributed by atoms with Crippen molar-refractivity contribution in [2.45, 2.75) is 45.6 Å². The lowest BCUT2D eigenvalue weighted by Crippen LogP contribution is -2.30. The molecule has 0 N–H and O–H groups in total. The molecule has 0 bridgehead atoms. The SMILES string of the molecule is CCOc1ccc(CC(=O)N2CC[C@H](n3cc(-c4nc(C(C)C)no4)nn3)C2)cc1. The summed E-state index contributed by atoms with van der Waals surface area (Å²) in [7, 11) is 0. The average molecular weight is 410 g/mol. The van der Waals surface area contributed by atoms with E-state index in [2.05, 4.69) is 20.5 Å². The van der Waals surface area contributed by atoms with E-state index in [4.69, 9.17) is 9.26 Å². The first-order valence-electron chi connectivity index (χ1n) is 10.3. The van der Waals surface area contributed by atoms with Crippen molar-refractivity contribution in [3.05, 3.63) is 41.9 Å². The second-order valence-electron chi connectivity index (χ2n) is 7.73. The van der Waals surface area contributed by atoms with Gasteiger partial charge in [-0.15, -0.1) is 5.10 Å². The Hall–Kier alpha value is -3.23. The number of hydrogen-bond acceptors (Lipinski definition) is 7. The van der Waals surface area contributed by atoms with E-state index in [9.17, 15) is 4.79 Å². The molecule has 3 aromatic rings. The molecular formula is C21H26N6O3. The zero-order chi connectivity index (χ0) is 21.1. The van der Waals surface area contributed by atoms with Gasteiger partial charge in [-0.2, -0.15) is 4.98 Å². The summed E-state index contributed by atoms with van der Waals surface area (Å²) < 4.78 is 12.5. The highest BCUT2D eigenvalue weighted by molar-refractivity contribution is 5.79. The van der Waals surface area contributed by atoms with Gasteiger partial charge < -0.3 is 14.2 Å². The van der Waals surface area contributed by atoms with Gasteiger partial charge in [-0.3, -0.25) is 4.79 Å². The Morgan fingerprint density at radius 1 is 1.30 bits per heavy atom. The third-order valence-electron chi connectivity index (χ3n) is 5.17. The predicted octanol–water partition coefficient (Wildman–Crippen LogP) is 2.87. The van der Waals surface area contributed by atoms with Gasteiger partial charge in [0.1, 0.15) is 5.75 Å². The van der Waals surface area contributed by atoms with Crippen molar-refractivity contribution in [2.24, 2.45) is 0 Å². The van der Waals surface area contributed by atoms with Gasteiger partial charge in [-0.1, -0.05) is 36.4 Å². The van der Waals surface area contributed by atoms with Crippen LogP contribution in [0.3, 0.4) is 0 Å². The van der Waals surface area contributed by atoms with E-state index in [1.54, 1.807) is 4.68 Å². The van der Waals surface area contributed by atoms with Crippen LogP contribution in [0.15, 0.2) is 35.0 Å². The van der Waals surface area contributed by atoms with Crippen LogP contribution >= 0.6 is 0 Å². The van der Waals surface area contributed by atoms with Crippen molar-refractivity contribution in [3.63, 3.8) is 0 Å². The number of rotatable bonds is 7. The first kappa shape index (κ1) is 20.1. The van der Waals surface area contributed by atoms with E-state index < -0.39 is 0 Å². The average Bonchev–Trinajstić information content (AvgIpc) is 3.48. The number of carbonyl (C=O) groups is 1. The minimum Gasteiger partial charge on any atom is -0.494 e. The lowest BCUT2D eigenvalue weighted by Gasteiger charge is -2.16. The minimum atomic E-state index is 0.0861. The molecule has 1 aliphatic heterocycles. The van der Waals surface area contributed by atoms with Gasteiger partial charge in [0.15, 0.2) is 11.5 Å². The van der Waals surface area contributed by atoms with Crippen molar-refractivity contribution in [3.8, 4) is 17.3 Å². The van der Waals surface area contributed by atoms with Gasteiger partial charge in [0.05, 0.1) is 25.3 Å². The molecule has 0 radical (unpaired) electrons. The van der Waals surface area contributed by atoms with Crippen LogP contribution in [-0.4, -0.2) is 55.6 Å². The summed E-state index contributed by atoms with van der Waals surface area (Å²) in [5.74, 6) is 2.12. The van der Waals surface area contributed by atoms with Crippen LogP contribution in [0.25, 0.3) is 11.6 Å². The van der Waals surface area contributed by atoms with Gasteiger partial charge in [0, 0.05) is 19.0 Å². The molecule has 1 amide bonds. The van der Waals surface area contributed by atoms with E-state index in [1.165, 1.54) is 0 Å². The number of likely N-dealkylation sites (tertiary alicyclic amines) is 1. The third-order valence-corrected chi connectivity index (χ3v) is 5.17. The van der Waals surface area contributed by atoms with Crippen molar-refractivity contribution in [1.29, 1.82) is 0 Å². The Morgan fingerprint density at radius 2 is 2.10 bits per heavy atom. The Labute approximate surface area is 175 Å². The van der Waals surface area contributed by atoms with Gasteiger partial charge in [0.2, 0.25) is 5.91 Å². The van der Waals surface area contributed by atoms with Crippen LogP contribution in [0.1, 0.15) is 50.5 Å². The van der Waals surface area contributed by atoms with Gasteiger partial charge in [-0.05, 0) is 31.0 Å². The van der Waals surface area contributed by atoms with Crippen LogP contribution in [-0.2, 0) is 11.2 Å². The van der Waals surface area contributed by atoms with Crippen LogP contribution in [0.4, 0.5) is 0 Å². The van der Waals surface area contributed by atoms with Crippen molar-refractivity contribution in [1.82, 2.24) is 30.0 Å². The van der Waals surface area contributed by atoms with Gasteiger partial charge in [-0.25, -0.2) is 4.68 Å². The maximum absolute atomic E-state index is 12.7. The maximum atomic E-state index is 12.7. The molecule has 0 aliphatic carbocycles. The zero-order valence-corrected chi connectivity index (χ0v) is 17.5. The van der Waals surface area contributed by atoms with E-state index in [0.29, 0.717) is 43.5 Å². The summed E-state index contributed by atoms with van der Waals surface area (Å²) in [6.07, 6.45) is 3.02. The summed E-state index contributed by atoms with van der Waals surface area (Å²) >= 11 is 0. The third kappa shape index (κ3) is 4.34. The van der Waals surface area contributed by atoms with Crippen LogP contribution < -0.4 is 4.74 Å². The van der Waals surface area contributed by atoms with Gasteiger partial charge in [0.25, 0.3) is 5.89 Å². The van der Waals surface area contributed by atoms with Crippen molar-refractivity contribution in [2.75, 3.05) is 19.7 Å². The Morgan fingerprint density at radius 3 is 2.80 bits per heavy atom. The molecule has 30 heavy (non-hydrogen) atoms. The Balaban J connectivity index is 1.36. The summed E-state index contributed by atoms with van der Waals surface area (Å²) in [4.78, 5) is 19.0. The number of aromatic nitrogens is 5. The van der Waals surface area contributed by atoms with Crippen LogP contribution in [0.5, 0.6) is 5.75 Å². The standard InChI is InChI=1S/C21H26N6O3/c1-4-29-17-7-5-15(6-8-17)11-19(28)26-10-9-16(12-26)27-13-18(23-25-27)21-22-20(14(2)3)24-30-21/h5-8,13-14,16H,4,9-12H2,1-3H3/t16-/m0/s1. The zero-order valence-electron chi connectivity index (χ0n) is 17.5. The number of benzene rings is 1. The second-order valence-corrected chi connectivity index (χ2v) is 7.73. The maximum Gasteiger partial charge on any atom is 0.280 e. The fourth-order valence-corrected chi connectivity index (χ4v) is 3.47. The first-order valence-corrected chi connectivity index (χ1v) is 10.3. The van der Waals surface area contributed by atoms with Crippen molar-refractivity contribution >= 4 is 5.91 Å². The van der Waals surface area contributed by atoms with Crippen LogP contribution in [0.2, 0.25) is 0 Å². The monoisotopic (exact) mass is 410 g/mol. The highest BCUT2D eigenvalue weighted by atomic mass is 16.5. The second kappa shape index (κ2) is 8.64. The lowest BCUT2D eigenvalue weighted by atomic mass is 10.1. The Kier molecular flexibility index (Phi) is 5.78. The molecule has 158 valence electrons. The first-order chi connectivity index (χ1) is 14.5. The summed E-state index contributed by atoms with van der Waals surface area (Å²) in [5, 5.41) is 12.4. The molecule has 1 aliphatic rings. The minimum absolute atomic E-state index is 0.0861. The molecule has 4 rings (SSSR count). The number of ether oxygens (including phenoxy) is 1. The van der Waals surface area contributed by atoms with Crippen LogP contribution in [0, 0.1) is 0 Å². The summed E-state index contributed by atoms with van der Waals surface area (Å²) in [6.45, 7) is 7.90. The number of amides is 1. The normalized spacial score (nSPS) is 16.4. The number of nitrogens with zero attached hydrogens (tertiary/aromatic N) is 6. The molecule has 9 nitrogen and oxygen atoms in total. The highest BCUT2D eigenvalue weighted by Crippen LogP contribution is 2.24. The lowest BCUT2D eigenvalue weighted by molar-refractivity contribution is -0.129. The van der Waals surface area contributed by atoms with Crippen molar-refractivity contribution < 1.29 is 14.1 Å². The molecule has 1 saturated heterocycles. The summed E-state index contributed by atoms with van der Waals surface area (Å²) in [6, 6.07) is 7.77. The number of hydrogen-bond donors (Lipinski definition) is 0. The van der Waals surface area contributed by atoms with E-state index in [-0.39, 0.29) is 17.9 Å². The molecule has 9 heteroatoms. The van der Waals surface area contributed by atoms with Gasteiger partial charge >= 0.3 is 0 Å². The smallest absolute Gasteiger partial charge is 0.280 e. The van der Waals surface area contributed by atoms with E-state index in [1.807, 2.05) is 56.1 Å². The molecule has 0 spiro atoms.